The number of halogens is 2. The summed E-state index contributed by atoms with van der Waals surface area (Å²) in [6, 6.07) is 11.0. The average Bonchev–Trinajstić information content (AvgIpc) is 2.40. The van der Waals surface area contributed by atoms with E-state index in [0.717, 1.165) is 5.56 Å². The first-order valence-electron chi connectivity index (χ1n) is 6.00. The second kappa shape index (κ2) is 6.29. The van der Waals surface area contributed by atoms with Gasteiger partial charge in [-0.05, 0) is 30.8 Å². The summed E-state index contributed by atoms with van der Waals surface area (Å²) in [5.41, 5.74) is 1.24. The Kier molecular flexibility index (Phi) is 4.47. The first kappa shape index (κ1) is 13.5. The zero-order valence-electron chi connectivity index (χ0n) is 10.6. The standard InChI is InChI=1S/C15H15F2NO/c1-18-9-11-6-7-15(14(17)8-11)19-10-12-4-2-3-5-13(12)16/h2-8,18H,9-10H2,1H3. The van der Waals surface area contributed by atoms with Crippen molar-refractivity contribution in [2.24, 2.45) is 0 Å². The maximum Gasteiger partial charge on any atom is 0.165 e. The Morgan fingerprint density at radius 1 is 1.05 bits per heavy atom. The third kappa shape index (κ3) is 3.51. The lowest BCUT2D eigenvalue weighted by molar-refractivity contribution is 0.284. The first-order valence-corrected chi connectivity index (χ1v) is 6.00. The van der Waals surface area contributed by atoms with Crippen molar-refractivity contribution in [2.75, 3.05) is 7.05 Å². The normalized spacial score (nSPS) is 10.5. The van der Waals surface area contributed by atoms with Gasteiger partial charge in [-0.25, -0.2) is 8.78 Å². The van der Waals surface area contributed by atoms with Crippen molar-refractivity contribution in [3.8, 4) is 5.75 Å². The fraction of sp³-hybridized carbons (Fsp3) is 0.200. The summed E-state index contributed by atoms with van der Waals surface area (Å²) < 4.78 is 32.4. The van der Waals surface area contributed by atoms with Gasteiger partial charge in [-0.1, -0.05) is 24.3 Å². The van der Waals surface area contributed by atoms with Gasteiger partial charge in [-0.15, -0.1) is 0 Å². The molecule has 0 bridgehead atoms. The Bertz CT molecular complexity index is 558. The molecule has 19 heavy (non-hydrogen) atoms. The van der Waals surface area contributed by atoms with Crippen molar-refractivity contribution < 1.29 is 13.5 Å². The van der Waals surface area contributed by atoms with Gasteiger partial charge in [0, 0.05) is 12.1 Å². The first-order chi connectivity index (χ1) is 9.20. The summed E-state index contributed by atoms with van der Waals surface area (Å²) >= 11 is 0. The number of rotatable bonds is 5. The van der Waals surface area contributed by atoms with Gasteiger partial charge < -0.3 is 10.1 Å². The highest BCUT2D eigenvalue weighted by atomic mass is 19.1. The summed E-state index contributed by atoms with van der Waals surface area (Å²) in [7, 11) is 1.79. The van der Waals surface area contributed by atoms with Crippen LogP contribution in [0.15, 0.2) is 42.5 Å². The third-order valence-corrected chi connectivity index (χ3v) is 2.72. The van der Waals surface area contributed by atoms with E-state index in [9.17, 15) is 8.78 Å². The van der Waals surface area contributed by atoms with Crippen LogP contribution in [0.4, 0.5) is 8.78 Å². The zero-order valence-corrected chi connectivity index (χ0v) is 10.6. The van der Waals surface area contributed by atoms with Crippen LogP contribution in [0, 0.1) is 11.6 Å². The van der Waals surface area contributed by atoms with Crippen LogP contribution in [-0.2, 0) is 13.2 Å². The molecule has 2 aromatic carbocycles. The van der Waals surface area contributed by atoms with Gasteiger partial charge >= 0.3 is 0 Å². The quantitative estimate of drug-likeness (QED) is 0.894. The van der Waals surface area contributed by atoms with Crippen molar-refractivity contribution in [3.05, 3.63) is 65.2 Å². The molecular weight excluding hydrogens is 248 g/mol. The fourth-order valence-corrected chi connectivity index (χ4v) is 1.75. The molecule has 0 unspecified atom stereocenters. The van der Waals surface area contributed by atoms with Gasteiger partial charge in [0.15, 0.2) is 11.6 Å². The summed E-state index contributed by atoms with van der Waals surface area (Å²) in [5.74, 6) is -0.665. The van der Waals surface area contributed by atoms with Crippen LogP contribution < -0.4 is 10.1 Å². The average molecular weight is 263 g/mol. The minimum absolute atomic E-state index is 0.00890. The molecule has 2 rings (SSSR count). The predicted molar refractivity (Wildman–Crippen MR) is 69.9 cm³/mol. The fourth-order valence-electron chi connectivity index (χ4n) is 1.75. The smallest absolute Gasteiger partial charge is 0.165 e. The van der Waals surface area contributed by atoms with Crippen molar-refractivity contribution in [1.82, 2.24) is 5.32 Å². The molecule has 100 valence electrons. The van der Waals surface area contributed by atoms with Crippen LogP contribution in [0.2, 0.25) is 0 Å². The molecule has 0 spiro atoms. The Labute approximate surface area is 111 Å². The number of hydrogen-bond acceptors (Lipinski definition) is 2. The molecule has 0 aliphatic rings. The molecular formula is C15H15F2NO. The van der Waals surface area contributed by atoms with E-state index in [1.54, 1.807) is 37.4 Å². The lowest BCUT2D eigenvalue weighted by Crippen LogP contribution is -2.06. The highest BCUT2D eigenvalue weighted by Crippen LogP contribution is 2.20. The molecule has 0 aliphatic carbocycles. The van der Waals surface area contributed by atoms with Crippen LogP contribution in [0.3, 0.4) is 0 Å². The maximum absolute atomic E-state index is 13.7. The third-order valence-electron chi connectivity index (χ3n) is 2.72. The van der Waals surface area contributed by atoms with Gasteiger partial charge in [0.05, 0.1) is 0 Å². The summed E-state index contributed by atoms with van der Waals surface area (Å²) in [6.07, 6.45) is 0. The highest BCUT2D eigenvalue weighted by molar-refractivity contribution is 5.29. The van der Waals surface area contributed by atoms with Crippen LogP contribution >= 0.6 is 0 Å². The Morgan fingerprint density at radius 3 is 2.53 bits per heavy atom. The van der Waals surface area contributed by atoms with Crippen LogP contribution in [0.5, 0.6) is 5.75 Å². The number of nitrogens with one attached hydrogen (secondary N) is 1. The molecule has 2 aromatic rings. The summed E-state index contributed by atoms with van der Waals surface area (Å²) in [6.45, 7) is 0.597. The molecule has 0 radical (unpaired) electrons. The number of benzene rings is 2. The van der Waals surface area contributed by atoms with E-state index in [4.69, 9.17) is 4.74 Å². The van der Waals surface area contributed by atoms with E-state index in [-0.39, 0.29) is 18.2 Å². The van der Waals surface area contributed by atoms with Crippen LogP contribution in [0.1, 0.15) is 11.1 Å². The number of ether oxygens (including phenoxy) is 1. The van der Waals surface area contributed by atoms with Crippen molar-refractivity contribution >= 4 is 0 Å². The van der Waals surface area contributed by atoms with Gasteiger partial charge in [0.2, 0.25) is 0 Å². The van der Waals surface area contributed by atoms with Gasteiger partial charge in [-0.2, -0.15) is 0 Å². The minimum atomic E-state index is -0.441. The van der Waals surface area contributed by atoms with Gasteiger partial charge in [-0.3, -0.25) is 0 Å². The van der Waals surface area contributed by atoms with E-state index in [2.05, 4.69) is 5.32 Å². The van der Waals surface area contributed by atoms with E-state index < -0.39 is 5.82 Å². The molecule has 4 heteroatoms. The van der Waals surface area contributed by atoms with Gasteiger partial charge in [0.25, 0.3) is 0 Å². The second-order valence-corrected chi connectivity index (χ2v) is 4.18. The van der Waals surface area contributed by atoms with Crippen molar-refractivity contribution in [1.29, 1.82) is 0 Å². The molecule has 0 fully saturated rings. The van der Waals surface area contributed by atoms with Crippen molar-refractivity contribution in [3.63, 3.8) is 0 Å². The molecule has 0 heterocycles. The molecule has 0 aliphatic heterocycles. The van der Waals surface area contributed by atoms with E-state index in [1.165, 1.54) is 12.1 Å². The lowest BCUT2D eigenvalue weighted by Gasteiger charge is -2.09. The van der Waals surface area contributed by atoms with E-state index >= 15 is 0 Å². The Morgan fingerprint density at radius 2 is 1.84 bits per heavy atom. The topological polar surface area (TPSA) is 21.3 Å². The monoisotopic (exact) mass is 263 g/mol. The largest absolute Gasteiger partial charge is 0.486 e. The predicted octanol–water partition coefficient (Wildman–Crippen LogP) is 3.26. The van der Waals surface area contributed by atoms with Gasteiger partial charge in [0.1, 0.15) is 12.4 Å². The Hall–Kier alpha value is -1.94. The zero-order chi connectivity index (χ0) is 13.7. The van der Waals surface area contributed by atoms with Crippen LogP contribution in [0.25, 0.3) is 0 Å². The van der Waals surface area contributed by atoms with E-state index in [1.807, 2.05) is 0 Å². The lowest BCUT2D eigenvalue weighted by atomic mass is 10.2. The van der Waals surface area contributed by atoms with Crippen molar-refractivity contribution in [2.45, 2.75) is 13.2 Å². The van der Waals surface area contributed by atoms with Crippen LogP contribution in [-0.4, -0.2) is 7.05 Å². The van der Waals surface area contributed by atoms with E-state index in [0.29, 0.717) is 12.1 Å². The maximum atomic E-state index is 13.7. The molecule has 1 N–H and O–H groups in total. The highest BCUT2D eigenvalue weighted by Gasteiger charge is 2.06. The molecule has 0 saturated heterocycles. The molecule has 0 saturated carbocycles. The molecule has 0 atom stereocenters. The SMILES string of the molecule is CNCc1ccc(OCc2ccccc2F)c(F)c1. The molecule has 0 amide bonds. The molecule has 2 nitrogen and oxygen atoms in total. The summed E-state index contributed by atoms with van der Waals surface area (Å²) in [5, 5.41) is 2.94. The molecule has 0 aromatic heterocycles. The Balaban J connectivity index is 2.06. The number of hydrogen-bond donors (Lipinski definition) is 1. The second-order valence-electron chi connectivity index (χ2n) is 4.18. The minimum Gasteiger partial charge on any atom is -0.486 e. The summed E-state index contributed by atoms with van der Waals surface area (Å²) in [4.78, 5) is 0.